The topological polar surface area (TPSA) is 84.5 Å². The van der Waals surface area contributed by atoms with E-state index in [0.717, 1.165) is 28.8 Å². The number of carbonyl (C=O) groups excluding carboxylic acids is 3. The summed E-state index contributed by atoms with van der Waals surface area (Å²) in [6.07, 6.45) is 0.763. The van der Waals surface area contributed by atoms with Crippen molar-refractivity contribution in [3.05, 3.63) is 46.3 Å². The van der Waals surface area contributed by atoms with Gasteiger partial charge in [-0.2, -0.15) is 0 Å². The number of esters is 1. The molecule has 0 saturated heterocycles. The Hall–Kier alpha value is -2.67. The Morgan fingerprint density at radius 2 is 1.88 bits per heavy atom. The van der Waals surface area contributed by atoms with Crippen molar-refractivity contribution in [1.82, 2.24) is 10.6 Å². The van der Waals surface area contributed by atoms with Crippen LogP contribution in [0.1, 0.15) is 27.7 Å². The minimum absolute atomic E-state index is 0.460. The number of benzene rings is 1. The molecule has 0 radical (unpaired) electrons. The standard InChI is InChI=1S/C18H18N2O4S/c1-10(16(21)20-18(23)19-2)24-17(22)14-9-12-8-7-11-5-3-4-6-13(11)15(12)25-14/h3-6,9-10H,7-8H2,1-2H3,(H2,19,20,21,23)/t10-/m1/s1. The average molecular weight is 358 g/mol. The number of aryl methyl sites for hydroxylation is 2. The van der Waals surface area contributed by atoms with Gasteiger partial charge in [0.1, 0.15) is 4.88 Å². The van der Waals surface area contributed by atoms with E-state index in [-0.39, 0.29) is 0 Å². The molecule has 1 heterocycles. The molecule has 7 heteroatoms. The first-order valence-electron chi connectivity index (χ1n) is 7.94. The number of ether oxygens (including phenoxy) is 1. The fraction of sp³-hybridized carbons (Fsp3) is 0.278. The third kappa shape index (κ3) is 3.56. The van der Waals surface area contributed by atoms with Crippen LogP contribution in [0, 0.1) is 0 Å². The van der Waals surface area contributed by atoms with Crippen molar-refractivity contribution in [2.75, 3.05) is 7.05 Å². The van der Waals surface area contributed by atoms with Gasteiger partial charge in [0.15, 0.2) is 6.10 Å². The van der Waals surface area contributed by atoms with E-state index in [4.69, 9.17) is 4.74 Å². The van der Waals surface area contributed by atoms with Crippen molar-refractivity contribution in [2.24, 2.45) is 0 Å². The molecule has 130 valence electrons. The molecule has 1 aromatic carbocycles. The zero-order valence-corrected chi connectivity index (χ0v) is 14.7. The van der Waals surface area contributed by atoms with Gasteiger partial charge in [-0.1, -0.05) is 24.3 Å². The SMILES string of the molecule is CNC(=O)NC(=O)[C@@H](C)OC(=O)c1cc2c(s1)-c1ccccc1CC2. The fourth-order valence-electron chi connectivity index (χ4n) is 2.72. The van der Waals surface area contributed by atoms with E-state index in [1.54, 1.807) is 0 Å². The third-order valence-electron chi connectivity index (χ3n) is 4.05. The number of imide groups is 1. The summed E-state index contributed by atoms with van der Waals surface area (Å²) in [6.45, 7) is 1.43. The lowest BCUT2D eigenvalue weighted by Gasteiger charge is -2.15. The molecular formula is C18H18N2O4S. The minimum Gasteiger partial charge on any atom is -0.448 e. The van der Waals surface area contributed by atoms with Crippen molar-refractivity contribution < 1.29 is 19.1 Å². The maximum atomic E-state index is 12.4. The summed E-state index contributed by atoms with van der Waals surface area (Å²) in [5.41, 5.74) is 3.55. The van der Waals surface area contributed by atoms with E-state index in [1.165, 1.54) is 30.9 Å². The maximum absolute atomic E-state index is 12.4. The summed E-state index contributed by atoms with van der Waals surface area (Å²) < 4.78 is 5.19. The van der Waals surface area contributed by atoms with E-state index >= 15 is 0 Å². The van der Waals surface area contributed by atoms with Crippen molar-refractivity contribution in [3.8, 4) is 10.4 Å². The monoisotopic (exact) mass is 358 g/mol. The molecule has 1 aromatic heterocycles. The molecule has 3 amide bonds. The summed E-state index contributed by atoms with van der Waals surface area (Å²) in [4.78, 5) is 36.8. The number of amides is 3. The van der Waals surface area contributed by atoms with Gasteiger partial charge in [-0.3, -0.25) is 10.1 Å². The van der Waals surface area contributed by atoms with Gasteiger partial charge in [-0.15, -0.1) is 11.3 Å². The van der Waals surface area contributed by atoms with Gasteiger partial charge in [0.25, 0.3) is 5.91 Å². The second-order valence-electron chi connectivity index (χ2n) is 5.74. The highest BCUT2D eigenvalue weighted by atomic mass is 32.1. The predicted octanol–water partition coefficient (Wildman–Crippen LogP) is 2.51. The largest absolute Gasteiger partial charge is 0.448 e. The highest BCUT2D eigenvalue weighted by Gasteiger charge is 2.25. The number of fused-ring (bicyclic) bond motifs is 3. The normalized spacial score (nSPS) is 13.2. The van der Waals surface area contributed by atoms with Crippen LogP contribution in [-0.4, -0.2) is 31.1 Å². The van der Waals surface area contributed by atoms with Crippen LogP contribution < -0.4 is 10.6 Å². The second-order valence-corrected chi connectivity index (χ2v) is 6.79. The quantitative estimate of drug-likeness (QED) is 0.826. The molecule has 1 atom stereocenters. The van der Waals surface area contributed by atoms with Crippen molar-refractivity contribution >= 4 is 29.2 Å². The van der Waals surface area contributed by atoms with Gasteiger partial charge in [0.05, 0.1) is 0 Å². The summed E-state index contributed by atoms with van der Waals surface area (Å²) in [7, 11) is 1.40. The Morgan fingerprint density at radius 1 is 1.16 bits per heavy atom. The van der Waals surface area contributed by atoms with Crippen molar-refractivity contribution in [1.29, 1.82) is 0 Å². The Morgan fingerprint density at radius 3 is 2.64 bits per heavy atom. The number of carbonyl (C=O) groups is 3. The lowest BCUT2D eigenvalue weighted by Crippen LogP contribution is -2.43. The lowest BCUT2D eigenvalue weighted by atomic mass is 9.91. The zero-order chi connectivity index (χ0) is 18.0. The van der Waals surface area contributed by atoms with Crippen LogP contribution in [-0.2, 0) is 22.4 Å². The molecule has 0 spiro atoms. The van der Waals surface area contributed by atoms with Crippen LogP contribution in [0.3, 0.4) is 0 Å². The Balaban J connectivity index is 1.74. The van der Waals surface area contributed by atoms with E-state index < -0.39 is 24.0 Å². The number of urea groups is 1. The van der Waals surface area contributed by atoms with Gasteiger partial charge in [0.2, 0.25) is 0 Å². The fourth-order valence-corrected chi connectivity index (χ4v) is 3.87. The van der Waals surface area contributed by atoms with Gasteiger partial charge in [0, 0.05) is 11.9 Å². The van der Waals surface area contributed by atoms with Crippen LogP contribution in [0.25, 0.3) is 10.4 Å². The smallest absolute Gasteiger partial charge is 0.349 e. The number of nitrogens with one attached hydrogen (secondary N) is 2. The van der Waals surface area contributed by atoms with E-state index in [9.17, 15) is 14.4 Å². The summed E-state index contributed by atoms with van der Waals surface area (Å²) >= 11 is 1.37. The van der Waals surface area contributed by atoms with E-state index in [1.807, 2.05) is 18.2 Å². The minimum atomic E-state index is -1.06. The van der Waals surface area contributed by atoms with E-state index in [0.29, 0.717) is 4.88 Å². The predicted molar refractivity (Wildman–Crippen MR) is 94.6 cm³/mol. The molecule has 0 saturated carbocycles. The number of thiophene rings is 1. The highest BCUT2D eigenvalue weighted by molar-refractivity contribution is 7.17. The molecule has 2 N–H and O–H groups in total. The van der Waals surface area contributed by atoms with Gasteiger partial charge < -0.3 is 10.1 Å². The third-order valence-corrected chi connectivity index (χ3v) is 5.24. The molecule has 1 aliphatic carbocycles. The molecule has 1 aliphatic rings. The lowest BCUT2D eigenvalue weighted by molar-refractivity contribution is -0.127. The maximum Gasteiger partial charge on any atom is 0.349 e. The average Bonchev–Trinajstić information content (AvgIpc) is 3.06. The van der Waals surface area contributed by atoms with Crippen LogP contribution in [0.2, 0.25) is 0 Å². The summed E-state index contributed by atoms with van der Waals surface area (Å²) in [5, 5.41) is 4.35. The molecule has 6 nitrogen and oxygen atoms in total. The van der Waals surface area contributed by atoms with Crippen LogP contribution >= 0.6 is 11.3 Å². The van der Waals surface area contributed by atoms with Gasteiger partial charge in [-0.05, 0) is 42.5 Å². The molecule has 2 aromatic rings. The van der Waals surface area contributed by atoms with Crippen LogP contribution in [0.4, 0.5) is 4.79 Å². The first-order valence-corrected chi connectivity index (χ1v) is 8.75. The molecular weight excluding hydrogens is 340 g/mol. The molecule has 25 heavy (non-hydrogen) atoms. The van der Waals surface area contributed by atoms with Crippen molar-refractivity contribution in [2.45, 2.75) is 25.9 Å². The molecule has 0 fully saturated rings. The molecule has 3 rings (SSSR count). The van der Waals surface area contributed by atoms with Gasteiger partial charge >= 0.3 is 12.0 Å². The summed E-state index contributed by atoms with van der Waals surface area (Å²) in [6, 6.07) is 9.34. The number of hydrogen-bond donors (Lipinski definition) is 2. The van der Waals surface area contributed by atoms with Crippen LogP contribution in [0.15, 0.2) is 30.3 Å². The highest BCUT2D eigenvalue weighted by Crippen LogP contribution is 2.39. The Labute approximate surface area is 149 Å². The summed E-state index contributed by atoms with van der Waals surface area (Å²) in [5.74, 6) is -1.23. The molecule has 0 unspecified atom stereocenters. The van der Waals surface area contributed by atoms with Crippen molar-refractivity contribution in [3.63, 3.8) is 0 Å². The Bertz CT molecular complexity index is 843. The van der Waals surface area contributed by atoms with E-state index in [2.05, 4.69) is 22.8 Å². The van der Waals surface area contributed by atoms with Gasteiger partial charge in [-0.25, -0.2) is 9.59 Å². The second kappa shape index (κ2) is 7.06. The zero-order valence-electron chi connectivity index (χ0n) is 13.9. The number of rotatable bonds is 3. The molecule has 0 aliphatic heterocycles. The Kier molecular flexibility index (Phi) is 4.85. The first-order chi connectivity index (χ1) is 12.0. The molecule has 0 bridgehead atoms. The number of hydrogen-bond acceptors (Lipinski definition) is 5. The first kappa shape index (κ1) is 17.2. The van der Waals surface area contributed by atoms with Crippen LogP contribution in [0.5, 0.6) is 0 Å².